The summed E-state index contributed by atoms with van der Waals surface area (Å²) < 4.78 is 5.70. The van der Waals surface area contributed by atoms with E-state index in [0.717, 1.165) is 45.4 Å². The molecule has 1 aliphatic carbocycles. The van der Waals surface area contributed by atoms with Gasteiger partial charge in [0.1, 0.15) is 0 Å². The summed E-state index contributed by atoms with van der Waals surface area (Å²) >= 11 is 0. The Morgan fingerprint density at radius 1 is 1.47 bits per heavy atom. The minimum absolute atomic E-state index is 0.150. The van der Waals surface area contributed by atoms with Crippen LogP contribution in [0.1, 0.15) is 39.0 Å². The van der Waals surface area contributed by atoms with E-state index in [-0.39, 0.29) is 11.9 Å². The number of nitrogens with zero attached hydrogens (tertiary/aromatic N) is 1. The van der Waals surface area contributed by atoms with Gasteiger partial charge in [0.25, 0.3) is 0 Å². The summed E-state index contributed by atoms with van der Waals surface area (Å²) in [6, 6.07) is 0.588. The highest BCUT2D eigenvalue weighted by Crippen LogP contribution is 2.20. The molecular formula is C14H27N3O2. The van der Waals surface area contributed by atoms with Gasteiger partial charge >= 0.3 is 0 Å². The molecule has 2 rings (SSSR count). The Balaban J connectivity index is 1.79. The topological polar surface area (TPSA) is 67.6 Å². The maximum Gasteiger partial charge on any atom is 0.221 e. The first-order valence-corrected chi connectivity index (χ1v) is 7.58. The van der Waals surface area contributed by atoms with Crippen molar-refractivity contribution in [3.05, 3.63) is 0 Å². The summed E-state index contributed by atoms with van der Waals surface area (Å²) in [6.45, 7) is 5.27. The lowest BCUT2D eigenvalue weighted by molar-refractivity contribution is -0.122. The van der Waals surface area contributed by atoms with Crippen LogP contribution in [0.3, 0.4) is 0 Å². The number of rotatable bonds is 7. The molecule has 5 nitrogen and oxygen atoms in total. The number of carbonyl (C=O) groups is 1. The van der Waals surface area contributed by atoms with Crippen LogP contribution in [-0.2, 0) is 9.53 Å². The lowest BCUT2D eigenvalue weighted by Gasteiger charge is -2.37. The zero-order valence-corrected chi connectivity index (χ0v) is 11.9. The van der Waals surface area contributed by atoms with Gasteiger partial charge in [-0.05, 0) is 39.2 Å². The van der Waals surface area contributed by atoms with Crippen molar-refractivity contribution in [3.8, 4) is 0 Å². The Hall–Kier alpha value is -0.650. The van der Waals surface area contributed by atoms with Crippen LogP contribution in [-0.4, -0.2) is 55.2 Å². The summed E-state index contributed by atoms with van der Waals surface area (Å²) in [6.07, 6.45) is 5.34. The average molecular weight is 269 g/mol. The molecule has 110 valence electrons. The summed E-state index contributed by atoms with van der Waals surface area (Å²) in [5.41, 5.74) is 5.86. The second kappa shape index (κ2) is 7.22. The van der Waals surface area contributed by atoms with Crippen LogP contribution < -0.4 is 11.1 Å². The number of carbonyl (C=O) groups excluding carboxylic acids is 1. The minimum Gasteiger partial charge on any atom is -0.377 e. The molecule has 2 unspecified atom stereocenters. The molecular weight excluding hydrogens is 242 g/mol. The molecule has 3 N–H and O–H groups in total. The fraction of sp³-hybridized carbons (Fsp3) is 0.929. The standard InChI is InChI=1S/C14H27N3O2/c1-2-19-13-4-3-7-17(10-13)12(9-15)8-14(18)16-11-5-6-11/h11-13H,2-10,15H2,1H3,(H,16,18). The van der Waals surface area contributed by atoms with Gasteiger partial charge in [0.05, 0.1) is 6.10 Å². The predicted octanol–water partition coefficient (Wildman–Crippen LogP) is 0.483. The zero-order valence-electron chi connectivity index (χ0n) is 11.9. The van der Waals surface area contributed by atoms with Crippen LogP contribution in [0.4, 0.5) is 0 Å². The van der Waals surface area contributed by atoms with Crippen LogP contribution >= 0.6 is 0 Å². The highest BCUT2D eigenvalue weighted by atomic mass is 16.5. The number of likely N-dealkylation sites (tertiary alicyclic amines) is 1. The van der Waals surface area contributed by atoms with E-state index in [1.807, 2.05) is 6.92 Å². The molecule has 19 heavy (non-hydrogen) atoms. The van der Waals surface area contributed by atoms with Crippen molar-refractivity contribution < 1.29 is 9.53 Å². The fourth-order valence-corrected chi connectivity index (χ4v) is 2.76. The maximum atomic E-state index is 11.9. The lowest BCUT2D eigenvalue weighted by atomic mass is 10.0. The first-order chi connectivity index (χ1) is 9.22. The summed E-state index contributed by atoms with van der Waals surface area (Å²) in [4.78, 5) is 14.2. The molecule has 0 aromatic rings. The van der Waals surface area contributed by atoms with Crippen LogP contribution in [0.5, 0.6) is 0 Å². The molecule has 2 fully saturated rings. The van der Waals surface area contributed by atoms with Crippen molar-refractivity contribution in [3.63, 3.8) is 0 Å². The molecule has 1 aliphatic heterocycles. The molecule has 1 saturated heterocycles. The van der Waals surface area contributed by atoms with E-state index in [9.17, 15) is 4.79 Å². The van der Waals surface area contributed by atoms with Gasteiger partial charge in [-0.15, -0.1) is 0 Å². The Morgan fingerprint density at radius 2 is 2.26 bits per heavy atom. The van der Waals surface area contributed by atoms with Crippen molar-refractivity contribution in [2.45, 2.75) is 57.2 Å². The van der Waals surface area contributed by atoms with Gasteiger partial charge < -0.3 is 15.8 Å². The van der Waals surface area contributed by atoms with E-state index in [1.165, 1.54) is 0 Å². The highest BCUT2D eigenvalue weighted by Gasteiger charge is 2.29. The lowest BCUT2D eigenvalue weighted by Crippen LogP contribution is -2.50. The van der Waals surface area contributed by atoms with Crippen molar-refractivity contribution in [1.29, 1.82) is 0 Å². The van der Waals surface area contributed by atoms with E-state index < -0.39 is 0 Å². The smallest absolute Gasteiger partial charge is 0.221 e. The van der Waals surface area contributed by atoms with E-state index in [2.05, 4.69) is 10.2 Å². The fourth-order valence-electron chi connectivity index (χ4n) is 2.76. The number of hydrogen-bond donors (Lipinski definition) is 2. The van der Waals surface area contributed by atoms with E-state index in [0.29, 0.717) is 25.1 Å². The third-order valence-electron chi connectivity index (χ3n) is 3.96. The predicted molar refractivity (Wildman–Crippen MR) is 74.8 cm³/mol. The van der Waals surface area contributed by atoms with E-state index in [1.54, 1.807) is 0 Å². The number of ether oxygens (including phenoxy) is 1. The Labute approximate surface area is 115 Å². The maximum absolute atomic E-state index is 11.9. The van der Waals surface area contributed by atoms with Crippen LogP contribution in [0, 0.1) is 0 Å². The van der Waals surface area contributed by atoms with Crippen LogP contribution in [0.2, 0.25) is 0 Å². The Kier molecular flexibility index (Phi) is 5.60. The number of piperidine rings is 1. The van der Waals surface area contributed by atoms with Crippen molar-refractivity contribution in [2.75, 3.05) is 26.2 Å². The number of nitrogens with one attached hydrogen (secondary N) is 1. The molecule has 2 aliphatic rings. The van der Waals surface area contributed by atoms with Crippen LogP contribution in [0.25, 0.3) is 0 Å². The van der Waals surface area contributed by atoms with Gasteiger partial charge in [0.15, 0.2) is 0 Å². The summed E-state index contributed by atoms with van der Waals surface area (Å²) in [5, 5.41) is 3.04. The molecule has 0 radical (unpaired) electrons. The van der Waals surface area contributed by atoms with Gasteiger partial charge in [-0.1, -0.05) is 0 Å². The van der Waals surface area contributed by atoms with Gasteiger partial charge in [-0.25, -0.2) is 0 Å². The average Bonchev–Trinajstić information content (AvgIpc) is 3.20. The number of nitrogens with two attached hydrogens (primary N) is 1. The normalized spacial score (nSPS) is 26.1. The highest BCUT2D eigenvalue weighted by molar-refractivity contribution is 5.77. The molecule has 0 bridgehead atoms. The van der Waals surface area contributed by atoms with E-state index in [4.69, 9.17) is 10.5 Å². The largest absolute Gasteiger partial charge is 0.377 e. The Bertz CT molecular complexity index is 292. The SMILES string of the molecule is CCOC1CCCN(C(CN)CC(=O)NC2CC2)C1. The molecule has 0 aromatic heterocycles. The van der Waals surface area contributed by atoms with Gasteiger partial charge in [-0.2, -0.15) is 0 Å². The van der Waals surface area contributed by atoms with Crippen molar-refractivity contribution >= 4 is 5.91 Å². The van der Waals surface area contributed by atoms with E-state index >= 15 is 0 Å². The first kappa shape index (κ1) is 14.8. The molecule has 1 heterocycles. The second-order valence-electron chi connectivity index (χ2n) is 5.65. The first-order valence-electron chi connectivity index (χ1n) is 7.58. The number of amides is 1. The second-order valence-corrected chi connectivity index (χ2v) is 5.65. The third-order valence-corrected chi connectivity index (χ3v) is 3.96. The monoisotopic (exact) mass is 269 g/mol. The molecule has 0 aromatic carbocycles. The van der Waals surface area contributed by atoms with Crippen molar-refractivity contribution in [1.82, 2.24) is 10.2 Å². The summed E-state index contributed by atoms with van der Waals surface area (Å²) in [7, 11) is 0. The third kappa shape index (κ3) is 4.75. The van der Waals surface area contributed by atoms with Gasteiger partial charge in [0, 0.05) is 38.2 Å². The van der Waals surface area contributed by atoms with Crippen LogP contribution in [0.15, 0.2) is 0 Å². The molecule has 0 spiro atoms. The molecule has 1 amide bonds. The Morgan fingerprint density at radius 3 is 2.89 bits per heavy atom. The summed E-state index contributed by atoms with van der Waals surface area (Å²) in [5.74, 6) is 0.150. The van der Waals surface area contributed by atoms with Gasteiger partial charge in [0.2, 0.25) is 5.91 Å². The minimum atomic E-state index is 0.150. The quantitative estimate of drug-likeness (QED) is 0.705. The number of hydrogen-bond acceptors (Lipinski definition) is 4. The zero-order chi connectivity index (χ0) is 13.7. The molecule has 2 atom stereocenters. The van der Waals surface area contributed by atoms with Crippen molar-refractivity contribution in [2.24, 2.45) is 5.73 Å². The molecule has 5 heteroatoms. The van der Waals surface area contributed by atoms with Gasteiger partial charge in [-0.3, -0.25) is 9.69 Å². The molecule has 1 saturated carbocycles.